The SMILES string of the molecule is C[C@@H]1CN(c2cc(O)cc(Cc3ccccc3-c3nnn(CC(=O)O)n3)c2)[C@@H](C)CN1Cc1ccccc1. The molecule has 0 amide bonds. The second-order valence-corrected chi connectivity index (χ2v) is 9.99. The first kappa shape index (κ1) is 25.4. The number of aromatic nitrogens is 4. The minimum absolute atomic E-state index is 0.229. The summed E-state index contributed by atoms with van der Waals surface area (Å²) in [5.41, 5.74) is 5.04. The van der Waals surface area contributed by atoms with E-state index in [0.29, 0.717) is 18.3 Å². The van der Waals surface area contributed by atoms with Crippen LogP contribution in [0.15, 0.2) is 72.8 Å². The third-order valence-electron chi connectivity index (χ3n) is 7.02. The maximum Gasteiger partial charge on any atom is 0.327 e. The molecule has 0 saturated carbocycles. The highest BCUT2D eigenvalue weighted by Gasteiger charge is 2.29. The van der Waals surface area contributed by atoms with Gasteiger partial charge in [-0.05, 0) is 54.3 Å². The predicted octanol–water partition coefficient (Wildman–Crippen LogP) is 3.82. The van der Waals surface area contributed by atoms with Gasteiger partial charge in [-0.25, -0.2) is 0 Å². The van der Waals surface area contributed by atoms with Crippen molar-refractivity contribution in [1.29, 1.82) is 0 Å². The number of benzene rings is 3. The van der Waals surface area contributed by atoms with E-state index < -0.39 is 5.97 Å². The van der Waals surface area contributed by atoms with Crippen molar-refractivity contribution < 1.29 is 15.0 Å². The molecule has 4 aromatic rings. The first-order valence-corrected chi connectivity index (χ1v) is 12.8. The maximum atomic E-state index is 11.0. The molecule has 0 bridgehead atoms. The molecule has 9 heteroatoms. The Kier molecular flexibility index (Phi) is 7.37. The second kappa shape index (κ2) is 11.0. The van der Waals surface area contributed by atoms with Crippen molar-refractivity contribution in [1.82, 2.24) is 25.1 Å². The molecule has 1 aliphatic rings. The van der Waals surface area contributed by atoms with Crippen molar-refractivity contribution in [2.75, 3.05) is 18.0 Å². The first-order valence-electron chi connectivity index (χ1n) is 12.8. The zero-order chi connectivity index (χ0) is 26.6. The molecular formula is C29H32N6O3. The molecular weight excluding hydrogens is 480 g/mol. The quantitative estimate of drug-likeness (QED) is 0.367. The van der Waals surface area contributed by atoms with Gasteiger partial charge < -0.3 is 15.1 Å². The van der Waals surface area contributed by atoms with Gasteiger partial charge in [-0.3, -0.25) is 9.69 Å². The number of anilines is 1. The molecule has 1 aromatic heterocycles. The predicted molar refractivity (Wildman–Crippen MR) is 145 cm³/mol. The van der Waals surface area contributed by atoms with Gasteiger partial charge in [0.2, 0.25) is 5.82 Å². The number of carboxylic acid groups (broad SMARTS) is 1. The highest BCUT2D eigenvalue weighted by molar-refractivity contribution is 5.66. The summed E-state index contributed by atoms with van der Waals surface area (Å²) in [5.74, 6) is -0.426. The Morgan fingerprint density at radius 1 is 0.947 bits per heavy atom. The third kappa shape index (κ3) is 5.84. The Morgan fingerprint density at radius 2 is 1.71 bits per heavy atom. The lowest BCUT2D eigenvalue weighted by atomic mass is 9.98. The topological polar surface area (TPSA) is 108 Å². The highest BCUT2D eigenvalue weighted by atomic mass is 16.4. The summed E-state index contributed by atoms with van der Waals surface area (Å²) in [5, 5.41) is 31.8. The largest absolute Gasteiger partial charge is 0.508 e. The number of piperazine rings is 1. The van der Waals surface area contributed by atoms with Gasteiger partial charge in [-0.15, -0.1) is 10.2 Å². The molecule has 38 heavy (non-hydrogen) atoms. The fraction of sp³-hybridized carbons (Fsp3) is 0.310. The molecule has 2 N–H and O–H groups in total. The van der Waals surface area contributed by atoms with Crippen LogP contribution < -0.4 is 4.90 Å². The molecule has 0 aliphatic carbocycles. The van der Waals surface area contributed by atoms with Crippen LogP contribution in [0.25, 0.3) is 11.4 Å². The van der Waals surface area contributed by atoms with E-state index in [-0.39, 0.29) is 18.3 Å². The summed E-state index contributed by atoms with van der Waals surface area (Å²) in [6.07, 6.45) is 0.558. The normalized spacial score (nSPS) is 18.0. The first-order chi connectivity index (χ1) is 18.4. The Labute approximate surface area is 221 Å². The standard InChI is InChI=1S/C29H32N6O3/c1-20-17-34(21(2)16-33(20)18-22-8-4-3-5-9-22)25-13-23(14-26(36)15-25)12-24-10-6-7-11-27(24)29-30-32-35(31-29)19-28(37)38/h3-11,13-15,20-21,36H,12,16-19H2,1-2H3,(H,37,38)/t20-,21+/m1/s1. The van der Waals surface area contributed by atoms with Gasteiger partial charge in [0.05, 0.1) is 0 Å². The van der Waals surface area contributed by atoms with Crippen LogP contribution in [0.2, 0.25) is 0 Å². The Bertz CT molecular complexity index is 1410. The Morgan fingerprint density at radius 3 is 2.50 bits per heavy atom. The summed E-state index contributed by atoms with van der Waals surface area (Å²) in [6.45, 7) is 6.86. The molecule has 2 atom stereocenters. The summed E-state index contributed by atoms with van der Waals surface area (Å²) in [6, 6.07) is 24.7. The van der Waals surface area contributed by atoms with E-state index in [1.165, 1.54) is 5.56 Å². The number of tetrazole rings is 1. The van der Waals surface area contributed by atoms with Crippen molar-refractivity contribution in [3.8, 4) is 17.1 Å². The van der Waals surface area contributed by atoms with Crippen molar-refractivity contribution in [2.45, 2.75) is 45.4 Å². The molecule has 9 nitrogen and oxygen atoms in total. The minimum atomic E-state index is -1.03. The van der Waals surface area contributed by atoms with E-state index >= 15 is 0 Å². The second-order valence-electron chi connectivity index (χ2n) is 9.99. The van der Waals surface area contributed by atoms with Crippen LogP contribution >= 0.6 is 0 Å². The smallest absolute Gasteiger partial charge is 0.327 e. The highest BCUT2D eigenvalue weighted by Crippen LogP contribution is 2.31. The van der Waals surface area contributed by atoms with Gasteiger partial charge in [-0.2, -0.15) is 4.80 Å². The number of carboxylic acids is 1. The van der Waals surface area contributed by atoms with E-state index in [4.69, 9.17) is 5.11 Å². The number of aromatic hydroxyl groups is 1. The zero-order valence-corrected chi connectivity index (χ0v) is 21.6. The van der Waals surface area contributed by atoms with Gasteiger partial charge in [-0.1, -0.05) is 54.6 Å². The molecule has 2 heterocycles. The number of aliphatic carboxylic acids is 1. The van der Waals surface area contributed by atoms with Crippen LogP contribution in [0, 0.1) is 0 Å². The summed E-state index contributed by atoms with van der Waals surface area (Å²) >= 11 is 0. The van der Waals surface area contributed by atoms with Crippen LogP contribution in [0.5, 0.6) is 5.75 Å². The van der Waals surface area contributed by atoms with Crippen LogP contribution in [-0.4, -0.2) is 66.5 Å². The molecule has 5 rings (SSSR count). The lowest BCUT2D eigenvalue weighted by Crippen LogP contribution is -2.56. The Balaban J connectivity index is 1.35. The number of carbonyl (C=O) groups is 1. The third-order valence-corrected chi connectivity index (χ3v) is 7.02. The van der Waals surface area contributed by atoms with Crippen molar-refractivity contribution >= 4 is 11.7 Å². The minimum Gasteiger partial charge on any atom is -0.508 e. The number of phenolic OH excluding ortho intramolecular Hbond substituents is 1. The number of hydrogen-bond donors (Lipinski definition) is 2. The lowest BCUT2D eigenvalue weighted by molar-refractivity contribution is -0.138. The average Bonchev–Trinajstić information content (AvgIpc) is 3.34. The van der Waals surface area contributed by atoms with Crippen LogP contribution in [0.3, 0.4) is 0 Å². The Hall–Kier alpha value is -4.24. The van der Waals surface area contributed by atoms with Crippen LogP contribution in [-0.2, 0) is 24.3 Å². The van der Waals surface area contributed by atoms with E-state index in [1.807, 2.05) is 36.4 Å². The lowest BCUT2D eigenvalue weighted by Gasteiger charge is -2.45. The summed E-state index contributed by atoms with van der Waals surface area (Å²) < 4.78 is 0. The average molecular weight is 513 g/mol. The van der Waals surface area contributed by atoms with Crippen molar-refractivity contribution in [3.05, 3.63) is 89.5 Å². The monoisotopic (exact) mass is 512 g/mol. The van der Waals surface area contributed by atoms with Gasteiger partial charge in [0.25, 0.3) is 0 Å². The fourth-order valence-corrected chi connectivity index (χ4v) is 5.17. The number of phenols is 1. The van der Waals surface area contributed by atoms with E-state index in [1.54, 1.807) is 6.07 Å². The van der Waals surface area contributed by atoms with E-state index in [2.05, 4.69) is 69.4 Å². The molecule has 0 unspecified atom stereocenters. The molecule has 196 valence electrons. The van der Waals surface area contributed by atoms with Crippen LogP contribution in [0.4, 0.5) is 5.69 Å². The van der Waals surface area contributed by atoms with Gasteiger partial charge in [0.1, 0.15) is 5.75 Å². The number of rotatable bonds is 8. The molecule has 0 spiro atoms. The van der Waals surface area contributed by atoms with Gasteiger partial charge >= 0.3 is 5.97 Å². The van der Waals surface area contributed by atoms with Crippen molar-refractivity contribution in [3.63, 3.8) is 0 Å². The zero-order valence-electron chi connectivity index (χ0n) is 21.6. The summed E-state index contributed by atoms with van der Waals surface area (Å²) in [4.78, 5) is 17.0. The maximum absolute atomic E-state index is 11.0. The summed E-state index contributed by atoms with van der Waals surface area (Å²) in [7, 11) is 0. The number of hydrogen-bond acceptors (Lipinski definition) is 7. The molecule has 3 aromatic carbocycles. The van der Waals surface area contributed by atoms with Gasteiger partial charge in [0, 0.05) is 49.0 Å². The van der Waals surface area contributed by atoms with E-state index in [0.717, 1.165) is 46.8 Å². The van der Waals surface area contributed by atoms with Crippen LogP contribution in [0.1, 0.15) is 30.5 Å². The molecule has 0 radical (unpaired) electrons. The fourth-order valence-electron chi connectivity index (χ4n) is 5.17. The van der Waals surface area contributed by atoms with Gasteiger partial charge in [0.15, 0.2) is 6.54 Å². The number of nitrogens with zero attached hydrogens (tertiary/aromatic N) is 6. The molecule has 1 aliphatic heterocycles. The van der Waals surface area contributed by atoms with E-state index in [9.17, 15) is 9.90 Å². The molecule has 1 fully saturated rings. The van der Waals surface area contributed by atoms with Crippen molar-refractivity contribution in [2.24, 2.45) is 0 Å². The molecule has 1 saturated heterocycles.